The van der Waals surface area contributed by atoms with Crippen molar-refractivity contribution in [2.24, 2.45) is 0 Å². The van der Waals surface area contributed by atoms with Crippen molar-refractivity contribution < 1.29 is 27.4 Å². The van der Waals surface area contributed by atoms with Crippen LogP contribution in [-0.4, -0.2) is 39.5 Å². The third kappa shape index (κ3) is 6.87. The number of pyridine rings is 1. The normalized spacial score (nSPS) is 11.7. The Labute approximate surface area is 272 Å². The van der Waals surface area contributed by atoms with Crippen LogP contribution < -0.4 is 15.0 Å². The molecule has 0 aliphatic heterocycles. The maximum atomic E-state index is 13.3. The summed E-state index contributed by atoms with van der Waals surface area (Å²) in [4.78, 5) is 25.5. The van der Waals surface area contributed by atoms with E-state index in [1.807, 2.05) is 36.4 Å². The lowest BCUT2D eigenvalue weighted by Crippen LogP contribution is -2.24. The number of Topliss-reactive ketones (excluding diaryl/α,β-unsaturated/α-hetero) is 1. The van der Waals surface area contributed by atoms with Gasteiger partial charge in [0.25, 0.3) is 0 Å². The number of H-pyrrole nitrogens is 1. The van der Waals surface area contributed by atoms with Crippen LogP contribution >= 0.6 is 11.8 Å². The molecule has 8 nitrogen and oxygen atoms in total. The molecule has 0 saturated heterocycles. The third-order valence-electron chi connectivity index (χ3n) is 7.80. The first-order chi connectivity index (χ1) is 22.6. The van der Waals surface area contributed by atoms with Crippen molar-refractivity contribution in [3.8, 4) is 22.6 Å². The van der Waals surface area contributed by atoms with Crippen LogP contribution in [0, 0.1) is 5.41 Å². The lowest BCUT2D eigenvalue weighted by atomic mass is 10.1. The Balaban J connectivity index is 1.25. The number of halogens is 3. The highest BCUT2D eigenvalue weighted by molar-refractivity contribution is 7.98. The molecule has 0 saturated carbocycles. The number of aromatic nitrogens is 4. The molecule has 3 heterocycles. The van der Waals surface area contributed by atoms with Crippen molar-refractivity contribution in [1.82, 2.24) is 19.5 Å². The number of carbonyl (C=O) groups is 1. The van der Waals surface area contributed by atoms with E-state index in [1.165, 1.54) is 32.0 Å². The highest BCUT2D eigenvalue weighted by Crippen LogP contribution is 2.33. The first kappa shape index (κ1) is 31.9. The average molecular weight is 658 g/mol. The van der Waals surface area contributed by atoms with E-state index in [2.05, 4.69) is 9.97 Å². The summed E-state index contributed by atoms with van der Waals surface area (Å²) in [5.74, 6) is 1.00. The fourth-order valence-electron chi connectivity index (χ4n) is 5.38. The quantitative estimate of drug-likeness (QED) is 0.0830. The first-order valence-electron chi connectivity index (χ1n) is 14.7. The Bertz CT molecular complexity index is 2150. The summed E-state index contributed by atoms with van der Waals surface area (Å²) in [7, 11) is 3.00. The predicted molar refractivity (Wildman–Crippen MR) is 175 cm³/mol. The van der Waals surface area contributed by atoms with E-state index in [0.717, 1.165) is 34.2 Å². The van der Waals surface area contributed by atoms with E-state index < -0.39 is 11.7 Å². The van der Waals surface area contributed by atoms with Gasteiger partial charge in [-0.2, -0.15) is 13.2 Å². The molecule has 0 unspecified atom stereocenters. The molecule has 0 fully saturated rings. The maximum absolute atomic E-state index is 13.3. The molecule has 2 N–H and O–H groups in total. The number of thioether (sulfide) groups is 1. The molecule has 0 spiro atoms. The van der Waals surface area contributed by atoms with E-state index in [4.69, 9.17) is 19.9 Å². The monoisotopic (exact) mass is 657 g/mol. The number of aromatic amines is 1. The van der Waals surface area contributed by atoms with Crippen molar-refractivity contribution in [3.05, 3.63) is 107 Å². The van der Waals surface area contributed by atoms with E-state index in [-0.39, 0.29) is 30.0 Å². The molecule has 0 atom stereocenters. The van der Waals surface area contributed by atoms with E-state index >= 15 is 0 Å². The summed E-state index contributed by atoms with van der Waals surface area (Å²) in [6.07, 6.45) is -0.338. The molecule has 0 radical (unpaired) electrons. The molecule has 0 aliphatic carbocycles. The van der Waals surface area contributed by atoms with E-state index in [9.17, 15) is 18.0 Å². The first-order valence-corrected chi connectivity index (χ1v) is 15.7. The summed E-state index contributed by atoms with van der Waals surface area (Å²) in [5, 5.41) is 10.9. The number of methoxy groups -OCH3 is 2. The smallest absolute Gasteiger partial charge is 0.416 e. The second-order valence-electron chi connectivity index (χ2n) is 10.9. The lowest BCUT2D eigenvalue weighted by molar-refractivity contribution is -0.137. The number of carbonyl (C=O) groups excluding carboxylic acids is 1. The average Bonchev–Trinajstić information content (AvgIpc) is 3.52. The number of rotatable bonds is 11. The number of ketones is 1. The van der Waals surface area contributed by atoms with Gasteiger partial charge in [0.15, 0.2) is 22.4 Å². The molecule has 6 aromatic rings. The maximum Gasteiger partial charge on any atom is 0.416 e. The fourth-order valence-corrected chi connectivity index (χ4v) is 6.36. The van der Waals surface area contributed by atoms with Gasteiger partial charge in [0.2, 0.25) is 0 Å². The van der Waals surface area contributed by atoms with Crippen molar-refractivity contribution in [3.63, 3.8) is 0 Å². The zero-order valence-corrected chi connectivity index (χ0v) is 26.3. The number of fused-ring (bicyclic) bond motifs is 2. The highest BCUT2D eigenvalue weighted by atomic mass is 32.2. The van der Waals surface area contributed by atoms with Gasteiger partial charge in [-0.25, -0.2) is 4.98 Å². The van der Waals surface area contributed by atoms with Gasteiger partial charge in [-0.3, -0.25) is 15.2 Å². The summed E-state index contributed by atoms with van der Waals surface area (Å²) in [6, 6.07) is 20.1. The lowest BCUT2D eigenvalue weighted by Gasteiger charge is -2.16. The van der Waals surface area contributed by atoms with Crippen LogP contribution in [-0.2, 0) is 18.5 Å². The van der Waals surface area contributed by atoms with Gasteiger partial charge >= 0.3 is 6.18 Å². The number of hydrogen-bond acceptors (Lipinski definition) is 7. The van der Waals surface area contributed by atoms with Crippen LogP contribution in [0.2, 0.25) is 0 Å². The minimum absolute atomic E-state index is 0.0745. The van der Waals surface area contributed by atoms with Gasteiger partial charge in [-0.05, 0) is 47.9 Å². The molecule has 240 valence electrons. The summed E-state index contributed by atoms with van der Waals surface area (Å²) in [6.45, 7) is 0.290. The molecule has 12 heteroatoms. The van der Waals surface area contributed by atoms with Gasteiger partial charge in [0.05, 0.1) is 31.0 Å². The van der Waals surface area contributed by atoms with Crippen molar-refractivity contribution >= 4 is 39.4 Å². The Morgan fingerprint density at radius 1 is 0.979 bits per heavy atom. The number of hydrogen-bond donors (Lipinski definition) is 2. The molecule has 3 aromatic heterocycles. The number of ether oxygens (including phenoxy) is 2. The Morgan fingerprint density at radius 3 is 2.53 bits per heavy atom. The Morgan fingerprint density at radius 2 is 1.79 bits per heavy atom. The minimum Gasteiger partial charge on any atom is -0.493 e. The molecule has 47 heavy (non-hydrogen) atoms. The summed E-state index contributed by atoms with van der Waals surface area (Å²) in [5.41, 5.74) is 3.66. The van der Waals surface area contributed by atoms with Crippen LogP contribution in [0.15, 0.2) is 90.3 Å². The van der Waals surface area contributed by atoms with Crippen LogP contribution in [0.1, 0.15) is 34.5 Å². The number of alkyl halides is 3. The number of benzene rings is 3. The van der Waals surface area contributed by atoms with Gasteiger partial charge in [-0.1, -0.05) is 48.2 Å². The van der Waals surface area contributed by atoms with Gasteiger partial charge in [0, 0.05) is 59.0 Å². The van der Waals surface area contributed by atoms with Crippen molar-refractivity contribution in [1.29, 1.82) is 5.41 Å². The van der Waals surface area contributed by atoms with Crippen LogP contribution in [0.4, 0.5) is 13.2 Å². The molecular weight excluding hydrogens is 627 g/mol. The molecular formula is C35H30F3N5O3S. The molecule has 6 rings (SSSR count). The van der Waals surface area contributed by atoms with Crippen molar-refractivity contribution in [2.45, 2.75) is 36.5 Å². The molecule has 0 aliphatic rings. The van der Waals surface area contributed by atoms with Crippen molar-refractivity contribution in [2.75, 3.05) is 14.2 Å². The Hall–Kier alpha value is -5.10. The SMILES string of the molecule is COc1cc2nc(SCc3cccc(C(F)(F)F)c3)n(CCCC(=O)c3cc4ccc(-c5cccnc5)cc4[nH]3)c(=N)c2cc1OC. The summed E-state index contributed by atoms with van der Waals surface area (Å²) >= 11 is 1.23. The molecule has 0 amide bonds. The molecule has 0 bridgehead atoms. The summed E-state index contributed by atoms with van der Waals surface area (Å²) < 4.78 is 52.5. The van der Waals surface area contributed by atoms with E-state index in [1.54, 1.807) is 35.2 Å². The van der Waals surface area contributed by atoms with Crippen LogP contribution in [0.25, 0.3) is 32.9 Å². The molecule has 3 aromatic carbocycles. The zero-order valence-electron chi connectivity index (χ0n) is 25.5. The van der Waals surface area contributed by atoms with Crippen LogP contribution in [0.3, 0.4) is 0 Å². The van der Waals surface area contributed by atoms with Gasteiger partial charge in [-0.15, -0.1) is 0 Å². The fraction of sp³-hybridized carbons (Fsp3) is 0.200. The topological polar surface area (TPSA) is 106 Å². The second kappa shape index (κ2) is 13.3. The zero-order chi connectivity index (χ0) is 33.1. The minimum atomic E-state index is -4.45. The standard InChI is InChI=1S/C35H30F3N5O3S/c1-45-31-17-26-28(18-32(31)46-2)42-34(47-20-21-6-3-8-25(14-21)35(36,37)38)43(33(26)39)13-5-9-30(44)29-16-23-11-10-22(15-27(23)41-29)24-7-4-12-40-19-24/h3-4,6-8,10-12,14-19,39,41H,5,9,13,20H2,1-2H3. The number of nitrogens with zero attached hydrogens (tertiary/aromatic N) is 3. The van der Waals surface area contributed by atoms with E-state index in [0.29, 0.717) is 45.2 Å². The van der Waals surface area contributed by atoms with Gasteiger partial charge in [0.1, 0.15) is 5.49 Å². The van der Waals surface area contributed by atoms with Crippen LogP contribution in [0.5, 0.6) is 11.5 Å². The third-order valence-corrected chi connectivity index (χ3v) is 8.85. The number of nitrogens with one attached hydrogen (secondary N) is 2. The Kier molecular flexibility index (Phi) is 9.04. The highest BCUT2D eigenvalue weighted by Gasteiger charge is 2.30. The largest absolute Gasteiger partial charge is 0.493 e. The predicted octanol–water partition coefficient (Wildman–Crippen LogP) is 8.05. The second-order valence-corrected chi connectivity index (χ2v) is 11.8. The van der Waals surface area contributed by atoms with Gasteiger partial charge < -0.3 is 19.0 Å².